The van der Waals surface area contributed by atoms with E-state index in [9.17, 15) is 4.79 Å². The smallest absolute Gasteiger partial charge is 0 e. The van der Waals surface area contributed by atoms with Crippen LogP contribution in [0.2, 0.25) is 0 Å². The predicted molar refractivity (Wildman–Crippen MR) is 150 cm³/mol. The van der Waals surface area contributed by atoms with Crippen molar-refractivity contribution in [2.24, 2.45) is 0 Å². The maximum Gasteiger partial charge on any atom is 0 e. The molecule has 2 heterocycles. The standard InChI is InChI=1S/C24H35N5O2S.2ClH.Mn.4H2/c1-31-24(30)16-32-19-12-17-14-27-22-8-4-2-6-20(22)25-10-11-26-21-7-3-5-9-23(21)28-15-18(13-19)29-17;;;;;;;/h12-13,20-23H,2-11,14-16H2,1H3;2*1H;;4*1H/q-4;;;+2;;;;/p-2/t20-,21?,22+,23?;;;;;;;/m1......./s1. The fourth-order valence-corrected chi connectivity index (χ4v) is 5.81. The maximum atomic E-state index is 11.6. The number of aromatic nitrogens is 1. The first-order valence-electron chi connectivity index (χ1n) is 12.4. The van der Waals surface area contributed by atoms with Crippen molar-refractivity contribution in [3.05, 3.63) is 44.8 Å². The average molecular weight is 592 g/mol. The van der Waals surface area contributed by atoms with Crippen molar-refractivity contribution in [2.45, 2.75) is 93.5 Å². The number of fused-ring (bicyclic) bond motifs is 4. The third kappa shape index (κ3) is 10.3. The molecule has 2 unspecified atom stereocenters. The van der Waals surface area contributed by atoms with Crippen molar-refractivity contribution in [3.8, 4) is 0 Å². The van der Waals surface area contributed by atoms with Gasteiger partial charge < -0.3 is 26.0 Å². The summed E-state index contributed by atoms with van der Waals surface area (Å²) in [4.78, 5) is 17.6. The van der Waals surface area contributed by atoms with E-state index >= 15 is 0 Å². The molecule has 0 saturated heterocycles. The van der Waals surface area contributed by atoms with Gasteiger partial charge >= 0.3 is 39.3 Å². The normalized spacial score (nSPS) is 27.6. The van der Waals surface area contributed by atoms with Crippen LogP contribution in [0.1, 0.15) is 68.5 Å². The summed E-state index contributed by atoms with van der Waals surface area (Å²) in [5.74, 6) is 0.0712. The van der Waals surface area contributed by atoms with E-state index in [0.29, 0.717) is 30.9 Å². The fourth-order valence-electron chi connectivity index (χ4n) is 4.97. The Morgan fingerprint density at radius 2 is 1.37 bits per heavy atom. The number of thioether (sulfide) groups is 1. The molecule has 2 bridgehead atoms. The molecular formula is C24H43Cl2MnN5O2S-4. The van der Waals surface area contributed by atoms with Gasteiger partial charge in [-0.05, 0) is 12.1 Å². The second kappa shape index (κ2) is 16.7. The van der Waals surface area contributed by atoms with Gasteiger partial charge in [-0.2, -0.15) is 37.3 Å². The van der Waals surface area contributed by atoms with Crippen LogP contribution < -0.4 is 0 Å². The average Bonchev–Trinajstić information content (AvgIpc) is 2.88. The van der Waals surface area contributed by atoms with Crippen molar-refractivity contribution in [1.82, 2.24) is 4.98 Å². The maximum absolute atomic E-state index is 11.6. The Kier molecular flexibility index (Phi) is 14.1. The molecular weight excluding hydrogens is 548 g/mol. The molecule has 1 aromatic rings. The fraction of sp³-hybridized carbons (Fsp3) is 0.750. The van der Waals surface area contributed by atoms with Crippen molar-refractivity contribution < 1.29 is 28.4 Å². The van der Waals surface area contributed by atoms with Crippen LogP contribution in [0.15, 0.2) is 17.0 Å². The first-order chi connectivity index (χ1) is 17.1. The summed E-state index contributed by atoms with van der Waals surface area (Å²) in [6.45, 7) is 2.79. The number of halogens is 2. The predicted octanol–water partition coefficient (Wildman–Crippen LogP) is 7.84. The molecule has 3 aliphatic rings. The Morgan fingerprint density at radius 1 is 0.943 bits per heavy atom. The summed E-state index contributed by atoms with van der Waals surface area (Å²) in [5, 5.41) is 20.1. The SMILES string of the molecule is COC(=O)CSc1cc2nc(c1)C[N-][C@H]1CCCC[C@H]1[N-]CC[N-]C1CCCCC1[N-]C2.[Cl][Mn][Cl].[HH].[HH].[HH].[HH]. The summed E-state index contributed by atoms with van der Waals surface area (Å²) >= 11 is 1.50. The van der Waals surface area contributed by atoms with Crippen molar-refractivity contribution in [1.29, 1.82) is 0 Å². The molecule has 2 fully saturated rings. The number of rotatable bonds is 3. The van der Waals surface area contributed by atoms with Crippen molar-refractivity contribution in [3.63, 3.8) is 0 Å². The Labute approximate surface area is 234 Å². The van der Waals surface area contributed by atoms with Gasteiger partial charge in [-0.15, -0.1) is 24.9 Å². The van der Waals surface area contributed by atoms with Gasteiger partial charge in [-0.25, -0.2) is 0 Å². The molecule has 0 aromatic carbocycles. The number of nitrogens with zero attached hydrogens (tertiary/aromatic N) is 5. The largest absolute Gasteiger partial charge is 0 e. The zero-order valence-electron chi connectivity index (χ0n) is 20.3. The third-order valence-electron chi connectivity index (χ3n) is 6.68. The number of methoxy groups -OCH3 is 1. The van der Waals surface area contributed by atoms with Crippen LogP contribution >= 0.6 is 32.0 Å². The molecule has 207 valence electrons. The van der Waals surface area contributed by atoms with E-state index in [1.54, 1.807) is 0 Å². The zero-order chi connectivity index (χ0) is 24.9. The van der Waals surface area contributed by atoms with Crippen LogP contribution in [0.25, 0.3) is 21.3 Å². The van der Waals surface area contributed by atoms with Gasteiger partial charge in [-0.1, -0.05) is 51.4 Å². The Bertz CT molecular complexity index is 752. The van der Waals surface area contributed by atoms with Crippen LogP contribution in [-0.4, -0.2) is 61.1 Å². The van der Waals surface area contributed by atoms with E-state index in [1.165, 1.54) is 44.6 Å². The molecule has 0 spiro atoms. The van der Waals surface area contributed by atoms with Crippen LogP contribution in [0.4, 0.5) is 0 Å². The summed E-state index contributed by atoms with van der Waals surface area (Å²) in [5.41, 5.74) is 1.91. The van der Waals surface area contributed by atoms with Gasteiger partial charge in [0.1, 0.15) is 0 Å². The summed E-state index contributed by atoms with van der Waals surface area (Å²) < 4.78 is 4.81. The minimum Gasteiger partial charge on any atom is 0 e. The second-order valence-electron chi connectivity index (χ2n) is 9.04. The van der Waals surface area contributed by atoms with E-state index in [4.69, 9.17) is 51.2 Å². The monoisotopic (exact) mass is 590 g/mol. The molecule has 11 heteroatoms. The van der Waals surface area contributed by atoms with Crippen LogP contribution in [0.5, 0.6) is 0 Å². The number of esters is 1. The topological polar surface area (TPSA) is 95.6 Å². The number of carbonyl (C=O) groups excluding carboxylic acids is 1. The van der Waals surface area contributed by atoms with E-state index in [2.05, 4.69) is 12.1 Å². The van der Waals surface area contributed by atoms with Crippen molar-refractivity contribution >= 4 is 37.9 Å². The zero-order valence-corrected chi connectivity index (χ0v) is 23.8. The molecule has 0 radical (unpaired) electrons. The molecule has 1 aromatic heterocycles. The Balaban J connectivity index is 0. The minimum atomic E-state index is -0.221. The summed E-state index contributed by atoms with van der Waals surface area (Å²) in [6.07, 6.45) is 9.39. The second-order valence-corrected chi connectivity index (χ2v) is 12.0. The van der Waals surface area contributed by atoms with Crippen LogP contribution in [0, 0.1) is 0 Å². The van der Waals surface area contributed by atoms with Gasteiger partial charge in [0.15, 0.2) is 0 Å². The quantitative estimate of drug-likeness (QED) is 0.203. The van der Waals surface area contributed by atoms with Gasteiger partial charge in [0.2, 0.25) is 0 Å². The molecule has 0 N–H and O–H groups in total. The minimum absolute atomic E-state index is 0. The molecule has 1 aliphatic heterocycles. The number of pyridine rings is 1. The van der Waals surface area contributed by atoms with E-state index in [1.807, 2.05) is 0 Å². The molecule has 2 aliphatic carbocycles. The molecule has 4 atom stereocenters. The van der Waals surface area contributed by atoms with Gasteiger partial charge in [-0.3, -0.25) is 9.78 Å². The molecule has 4 rings (SSSR count). The molecule has 7 nitrogen and oxygen atoms in total. The molecule has 35 heavy (non-hydrogen) atoms. The first kappa shape index (κ1) is 29.5. The van der Waals surface area contributed by atoms with E-state index in [0.717, 1.165) is 55.1 Å². The summed E-state index contributed by atoms with van der Waals surface area (Å²) in [7, 11) is 11.0. The Morgan fingerprint density at radius 3 is 1.80 bits per heavy atom. The number of carbonyl (C=O) groups is 1. The summed E-state index contributed by atoms with van der Waals surface area (Å²) in [6, 6.07) is 5.30. The van der Waals surface area contributed by atoms with Gasteiger partial charge in [0.05, 0.1) is 12.9 Å². The number of hydrogen-bond acceptors (Lipinski definition) is 4. The van der Waals surface area contributed by atoms with Crippen LogP contribution in [-0.2, 0) is 35.8 Å². The Hall–Kier alpha value is -0.0905. The number of hydrogen-bond donors (Lipinski definition) is 0. The van der Waals surface area contributed by atoms with Gasteiger partial charge in [0.25, 0.3) is 0 Å². The number of ether oxygens (including phenoxy) is 1. The third-order valence-corrected chi connectivity index (χ3v) is 7.63. The first-order valence-corrected chi connectivity index (χ1v) is 16.6. The van der Waals surface area contributed by atoms with E-state index < -0.39 is 0 Å². The van der Waals surface area contributed by atoms with Crippen LogP contribution in [0.3, 0.4) is 0 Å². The van der Waals surface area contributed by atoms with E-state index in [-0.39, 0.29) is 36.9 Å². The molecule has 2 saturated carbocycles. The van der Waals surface area contributed by atoms with Crippen molar-refractivity contribution in [2.75, 3.05) is 26.0 Å². The molecule has 0 amide bonds. The van der Waals surface area contributed by atoms with Gasteiger partial charge in [0, 0.05) is 22.0 Å².